The molecule has 6 nitrogen and oxygen atoms in total. The van der Waals surface area contributed by atoms with Gasteiger partial charge < -0.3 is 15.2 Å². The molecule has 0 radical (unpaired) electrons. The molecule has 0 spiro atoms. The maximum Gasteiger partial charge on any atom is 0.404 e. The van der Waals surface area contributed by atoms with Crippen LogP contribution in [-0.2, 0) is 0 Å². The SMILES string of the molecule is CC(=O)c1ccc(-c2ccc(OCCNC(=O)O)c(Cl)n2)s1. The Labute approximate surface area is 135 Å². The number of halogens is 1. The number of amides is 1. The van der Waals surface area contributed by atoms with Gasteiger partial charge in [0.25, 0.3) is 0 Å². The molecule has 22 heavy (non-hydrogen) atoms. The van der Waals surface area contributed by atoms with Gasteiger partial charge in [-0.1, -0.05) is 11.6 Å². The third kappa shape index (κ3) is 4.19. The molecule has 0 aliphatic carbocycles. The molecule has 0 unspecified atom stereocenters. The monoisotopic (exact) mass is 340 g/mol. The number of nitrogens with zero attached hydrogens (tertiary/aromatic N) is 1. The van der Waals surface area contributed by atoms with E-state index in [9.17, 15) is 9.59 Å². The Morgan fingerprint density at radius 3 is 2.73 bits per heavy atom. The maximum atomic E-state index is 11.3. The normalized spacial score (nSPS) is 10.3. The van der Waals surface area contributed by atoms with E-state index >= 15 is 0 Å². The number of pyridine rings is 1. The zero-order chi connectivity index (χ0) is 16.1. The smallest absolute Gasteiger partial charge is 0.404 e. The van der Waals surface area contributed by atoms with Gasteiger partial charge in [-0.2, -0.15) is 0 Å². The fourth-order valence-corrected chi connectivity index (χ4v) is 2.73. The number of nitrogens with one attached hydrogen (secondary N) is 1. The van der Waals surface area contributed by atoms with Crippen molar-refractivity contribution in [3.63, 3.8) is 0 Å². The molecule has 2 heterocycles. The largest absolute Gasteiger partial charge is 0.489 e. The average Bonchev–Trinajstić information content (AvgIpc) is 2.94. The Kier molecular flexibility index (Phi) is 5.35. The van der Waals surface area contributed by atoms with Crippen LogP contribution < -0.4 is 10.1 Å². The number of hydrogen-bond acceptors (Lipinski definition) is 5. The number of hydrogen-bond donors (Lipinski definition) is 2. The van der Waals surface area contributed by atoms with Crippen LogP contribution in [0.25, 0.3) is 10.6 Å². The number of ether oxygens (including phenoxy) is 1. The zero-order valence-corrected chi connectivity index (χ0v) is 13.2. The van der Waals surface area contributed by atoms with E-state index in [2.05, 4.69) is 10.3 Å². The van der Waals surface area contributed by atoms with Gasteiger partial charge in [-0.15, -0.1) is 11.3 Å². The van der Waals surface area contributed by atoms with Crippen molar-refractivity contribution < 1.29 is 19.4 Å². The molecule has 0 atom stereocenters. The molecule has 0 aromatic carbocycles. The van der Waals surface area contributed by atoms with Gasteiger partial charge >= 0.3 is 6.09 Å². The van der Waals surface area contributed by atoms with Crippen molar-refractivity contribution in [1.29, 1.82) is 0 Å². The molecule has 2 N–H and O–H groups in total. The number of Topliss-reactive ketones (excluding diaryl/α,β-unsaturated/α-hetero) is 1. The van der Waals surface area contributed by atoms with E-state index in [1.165, 1.54) is 18.3 Å². The first-order valence-corrected chi connectivity index (χ1v) is 7.54. The Morgan fingerprint density at radius 1 is 1.36 bits per heavy atom. The van der Waals surface area contributed by atoms with E-state index in [1.807, 2.05) is 6.07 Å². The van der Waals surface area contributed by atoms with Gasteiger partial charge in [-0.05, 0) is 31.2 Å². The van der Waals surface area contributed by atoms with Gasteiger partial charge in [0.05, 0.1) is 22.0 Å². The first kappa shape index (κ1) is 16.3. The number of rotatable bonds is 6. The first-order chi connectivity index (χ1) is 10.5. The summed E-state index contributed by atoms with van der Waals surface area (Å²) >= 11 is 7.40. The van der Waals surface area contributed by atoms with E-state index < -0.39 is 6.09 Å². The van der Waals surface area contributed by atoms with Crippen LogP contribution in [0, 0.1) is 0 Å². The molecule has 0 saturated heterocycles. The molecule has 1 amide bonds. The van der Waals surface area contributed by atoms with Crippen LogP contribution in [-0.4, -0.2) is 35.1 Å². The quantitative estimate of drug-likeness (QED) is 0.478. The molecule has 0 bridgehead atoms. The summed E-state index contributed by atoms with van der Waals surface area (Å²) in [7, 11) is 0. The topological polar surface area (TPSA) is 88.5 Å². The summed E-state index contributed by atoms with van der Waals surface area (Å²) in [5.74, 6) is 0.384. The number of thiophene rings is 1. The number of carbonyl (C=O) groups is 2. The molecular weight excluding hydrogens is 328 g/mol. The molecule has 0 aliphatic heterocycles. The van der Waals surface area contributed by atoms with E-state index in [0.717, 1.165) is 4.88 Å². The molecule has 116 valence electrons. The van der Waals surface area contributed by atoms with Crippen molar-refractivity contribution in [1.82, 2.24) is 10.3 Å². The number of aromatic nitrogens is 1. The third-order valence-electron chi connectivity index (χ3n) is 2.66. The minimum atomic E-state index is -1.11. The lowest BCUT2D eigenvalue weighted by atomic mass is 10.3. The van der Waals surface area contributed by atoms with Crippen LogP contribution in [0.1, 0.15) is 16.6 Å². The standard InChI is InChI=1S/C14H13ClN2O4S/c1-8(18)11-4-5-12(22-11)9-2-3-10(13(15)17-9)21-7-6-16-14(19)20/h2-5,16H,6-7H2,1H3,(H,19,20). The summed E-state index contributed by atoms with van der Waals surface area (Å²) < 4.78 is 5.35. The predicted octanol–water partition coefficient (Wildman–Crippen LogP) is 3.31. The van der Waals surface area contributed by atoms with Crippen LogP contribution in [0.2, 0.25) is 5.15 Å². The number of carbonyl (C=O) groups excluding carboxylic acids is 1. The minimum Gasteiger partial charge on any atom is -0.489 e. The summed E-state index contributed by atoms with van der Waals surface area (Å²) in [6.45, 7) is 1.82. The molecule has 8 heteroatoms. The molecule has 0 fully saturated rings. The van der Waals surface area contributed by atoms with Gasteiger partial charge in [-0.25, -0.2) is 9.78 Å². The fraction of sp³-hybridized carbons (Fsp3) is 0.214. The van der Waals surface area contributed by atoms with Gasteiger partial charge in [-0.3, -0.25) is 4.79 Å². The Morgan fingerprint density at radius 2 is 2.14 bits per heavy atom. The van der Waals surface area contributed by atoms with Crippen LogP contribution in [0.15, 0.2) is 24.3 Å². The lowest BCUT2D eigenvalue weighted by Crippen LogP contribution is -2.26. The van der Waals surface area contributed by atoms with Crippen molar-refractivity contribution in [2.75, 3.05) is 13.2 Å². The fourth-order valence-electron chi connectivity index (χ4n) is 1.65. The van der Waals surface area contributed by atoms with Gasteiger partial charge in [0.15, 0.2) is 16.7 Å². The molecular formula is C14H13ClN2O4S. The van der Waals surface area contributed by atoms with Crippen LogP contribution in [0.4, 0.5) is 4.79 Å². The molecule has 0 aliphatic rings. The first-order valence-electron chi connectivity index (χ1n) is 6.34. The van der Waals surface area contributed by atoms with Crippen LogP contribution in [0.3, 0.4) is 0 Å². The third-order valence-corrected chi connectivity index (χ3v) is 4.14. The van der Waals surface area contributed by atoms with Crippen LogP contribution >= 0.6 is 22.9 Å². The lowest BCUT2D eigenvalue weighted by molar-refractivity contribution is 0.102. The van der Waals surface area contributed by atoms with E-state index in [4.69, 9.17) is 21.4 Å². The summed E-state index contributed by atoms with van der Waals surface area (Å²) in [4.78, 5) is 27.3. The summed E-state index contributed by atoms with van der Waals surface area (Å²) in [5.41, 5.74) is 0.651. The highest BCUT2D eigenvalue weighted by Gasteiger charge is 2.10. The van der Waals surface area contributed by atoms with Gasteiger partial charge in [0.1, 0.15) is 6.61 Å². The van der Waals surface area contributed by atoms with Crippen LogP contribution in [0.5, 0.6) is 5.75 Å². The highest BCUT2D eigenvalue weighted by Crippen LogP contribution is 2.31. The Bertz CT molecular complexity index is 702. The Hall–Kier alpha value is -2.12. The summed E-state index contributed by atoms with van der Waals surface area (Å²) in [6.07, 6.45) is -1.11. The minimum absolute atomic E-state index is 0.00762. The molecule has 2 aromatic heterocycles. The summed E-state index contributed by atoms with van der Waals surface area (Å²) in [5, 5.41) is 10.8. The Balaban J connectivity index is 2.05. The summed E-state index contributed by atoms with van der Waals surface area (Å²) in [6, 6.07) is 6.97. The van der Waals surface area contributed by atoms with E-state index in [0.29, 0.717) is 16.3 Å². The second-order valence-electron chi connectivity index (χ2n) is 4.29. The second-order valence-corrected chi connectivity index (χ2v) is 5.73. The van der Waals surface area contributed by atoms with Gasteiger partial charge in [0.2, 0.25) is 0 Å². The highest BCUT2D eigenvalue weighted by molar-refractivity contribution is 7.17. The molecule has 2 rings (SSSR count). The molecule has 2 aromatic rings. The van der Waals surface area contributed by atoms with Crippen molar-refractivity contribution in [2.24, 2.45) is 0 Å². The van der Waals surface area contributed by atoms with E-state index in [1.54, 1.807) is 18.2 Å². The van der Waals surface area contributed by atoms with E-state index in [-0.39, 0.29) is 24.1 Å². The second kappa shape index (κ2) is 7.24. The highest BCUT2D eigenvalue weighted by atomic mass is 35.5. The predicted molar refractivity (Wildman–Crippen MR) is 84.1 cm³/mol. The van der Waals surface area contributed by atoms with Crippen molar-refractivity contribution in [3.05, 3.63) is 34.3 Å². The van der Waals surface area contributed by atoms with Crippen molar-refractivity contribution in [3.8, 4) is 16.3 Å². The maximum absolute atomic E-state index is 11.3. The zero-order valence-electron chi connectivity index (χ0n) is 11.6. The lowest BCUT2D eigenvalue weighted by Gasteiger charge is -2.08. The van der Waals surface area contributed by atoms with Crippen molar-refractivity contribution >= 4 is 34.8 Å². The number of carboxylic acid groups (broad SMARTS) is 1. The van der Waals surface area contributed by atoms with Crippen molar-refractivity contribution in [2.45, 2.75) is 6.92 Å². The van der Waals surface area contributed by atoms with Gasteiger partial charge in [0, 0.05) is 0 Å². The number of ketones is 1. The average molecular weight is 341 g/mol. The molecule has 0 saturated carbocycles.